The van der Waals surface area contributed by atoms with Crippen LogP contribution in [0.4, 0.5) is 0 Å². The third-order valence-corrected chi connectivity index (χ3v) is 5.19. The molecule has 0 saturated heterocycles. The van der Waals surface area contributed by atoms with E-state index in [0.29, 0.717) is 0 Å². The molecule has 0 saturated carbocycles. The van der Waals surface area contributed by atoms with Crippen LogP contribution in [0.5, 0.6) is 0 Å². The van der Waals surface area contributed by atoms with E-state index >= 15 is 0 Å². The van der Waals surface area contributed by atoms with Gasteiger partial charge in [0.05, 0.1) is 6.20 Å². The summed E-state index contributed by atoms with van der Waals surface area (Å²) in [5.74, 6) is 1.96. The van der Waals surface area contributed by atoms with Crippen molar-refractivity contribution in [1.29, 1.82) is 0 Å². The highest BCUT2D eigenvalue weighted by molar-refractivity contribution is 7.99. The van der Waals surface area contributed by atoms with Crippen LogP contribution in [0.15, 0.2) is 46.2 Å². The number of benzene rings is 1. The van der Waals surface area contributed by atoms with Crippen molar-refractivity contribution in [3.8, 4) is 11.3 Å². The van der Waals surface area contributed by atoms with Crippen molar-refractivity contribution in [2.75, 3.05) is 5.75 Å². The molecule has 0 aliphatic rings. The molecule has 0 N–H and O–H groups in total. The van der Waals surface area contributed by atoms with Crippen LogP contribution in [0, 0.1) is 0 Å². The summed E-state index contributed by atoms with van der Waals surface area (Å²) >= 11 is 1.74. The lowest BCUT2D eigenvalue weighted by molar-refractivity contribution is 0.466. The Kier molecular flexibility index (Phi) is 9.70. The summed E-state index contributed by atoms with van der Waals surface area (Å²) < 4.78 is 5.81. The summed E-state index contributed by atoms with van der Waals surface area (Å²) in [6.45, 7) is 2.28. The van der Waals surface area contributed by atoms with Crippen LogP contribution in [0.2, 0.25) is 0 Å². The van der Waals surface area contributed by atoms with Crippen LogP contribution in [0.3, 0.4) is 0 Å². The molecule has 1 aromatic heterocycles. The predicted octanol–water partition coefficient (Wildman–Crippen LogP) is 7.35. The fourth-order valence-corrected chi connectivity index (χ4v) is 3.61. The first-order valence-corrected chi connectivity index (χ1v) is 10.5. The first-order chi connectivity index (χ1) is 11.9. The third kappa shape index (κ3) is 7.57. The molecule has 0 radical (unpaired) electrons. The average Bonchev–Trinajstić information content (AvgIpc) is 3.09. The molecule has 0 amide bonds. The van der Waals surface area contributed by atoms with Gasteiger partial charge < -0.3 is 4.42 Å². The van der Waals surface area contributed by atoms with Crippen LogP contribution < -0.4 is 0 Å². The van der Waals surface area contributed by atoms with E-state index in [2.05, 4.69) is 24.0 Å². The monoisotopic (exact) mass is 345 g/mol. The molecule has 2 rings (SSSR count). The van der Waals surface area contributed by atoms with Crippen molar-refractivity contribution in [2.24, 2.45) is 0 Å². The van der Waals surface area contributed by atoms with E-state index in [0.717, 1.165) is 22.3 Å². The number of hydrogen-bond acceptors (Lipinski definition) is 3. The maximum atomic E-state index is 5.81. The molecule has 0 aliphatic carbocycles. The van der Waals surface area contributed by atoms with Gasteiger partial charge in [-0.2, -0.15) is 0 Å². The van der Waals surface area contributed by atoms with Crippen molar-refractivity contribution in [1.82, 2.24) is 4.98 Å². The molecule has 1 heterocycles. The minimum absolute atomic E-state index is 0.796. The molecule has 0 atom stereocenters. The average molecular weight is 346 g/mol. The molecule has 24 heavy (non-hydrogen) atoms. The SMILES string of the molecule is CCCCCCCCCCCCSc1ncc(-c2ccccc2)o1. The fourth-order valence-electron chi connectivity index (χ4n) is 2.81. The molecule has 2 nitrogen and oxygen atoms in total. The molecule has 0 fully saturated rings. The maximum Gasteiger partial charge on any atom is 0.256 e. The zero-order valence-electron chi connectivity index (χ0n) is 15.0. The highest BCUT2D eigenvalue weighted by Gasteiger charge is 2.06. The second kappa shape index (κ2) is 12.2. The van der Waals surface area contributed by atoms with Gasteiger partial charge in [0, 0.05) is 11.3 Å². The molecule has 0 unspecified atom stereocenters. The van der Waals surface area contributed by atoms with Gasteiger partial charge in [0.2, 0.25) is 0 Å². The van der Waals surface area contributed by atoms with Gasteiger partial charge >= 0.3 is 0 Å². The topological polar surface area (TPSA) is 26.0 Å². The minimum Gasteiger partial charge on any atom is -0.431 e. The van der Waals surface area contributed by atoms with Crippen LogP contribution >= 0.6 is 11.8 Å². The summed E-state index contributed by atoms with van der Waals surface area (Å²) in [7, 11) is 0. The molecule has 0 aliphatic heterocycles. The lowest BCUT2D eigenvalue weighted by Crippen LogP contribution is -1.84. The molecule has 0 spiro atoms. The van der Waals surface area contributed by atoms with Crippen LogP contribution in [0.25, 0.3) is 11.3 Å². The molecule has 0 bridgehead atoms. The maximum absolute atomic E-state index is 5.81. The Balaban J connectivity index is 1.49. The van der Waals surface area contributed by atoms with Crippen molar-refractivity contribution >= 4 is 11.8 Å². The zero-order valence-corrected chi connectivity index (χ0v) is 15.8. The Morgan fingerprint density at radius 3 is 2.12 bits per heavy atom. The first kappa shape index (κ1) is 19.1. The Bertz CT molecular complexity index is 538. The van der Waals surface area contributed by atoms with Gasteiger partial charge in [-0.15, -0.1) is 0 Å². The quantitative estimate of drug-likeness (QED) is 0.280. The van der Waals surface area contributed by atoms with Gasteiger partial charge in [-0.1, -0.05) is 107 Å². The van der Waals surface area contributed by atoms with Gasteiger partial charge in [-0.25, -0.2) is 4.98 Å². The van der Waals surface area contributed by atoms with E-state index in [1.807, 2.05) is 24.4 Å². The Hall–Kier alpha value is -1.22. The van der Waals surface area contributed by atoms with Gasteiger partial charge in [-0.3, -0.25) is 0 Å². The van der Waals surface area contributed by atoms with Crippen molar-refractivity contribution in [2.45, 2.75) is 76.4 Å². The van der Waals surface area contributed by atoms with Crippen molar-refractivity contribution in [3.63, 3.8) is 0 Å². The Morgan fingerprint density at radius 1 is 0.833 bits per heavy atom. The van der Waals surface area contributed by atoms with E-state index in [-0.39, 0.29) is 0 Å². The normalized spacial score (nSPS) is 11.0. The molecule has 1 aromatic carbocycles. The smallest absolute Gasteiger partial charge is 0.256 e. The van der Waals surface area contributed by atoms with E-state index in [4.69, 9.17) is 4.42 Å². The number of oxazole rings is 1. The second-order valence-corrected chi connectivity index (χ2v) is 7.43. The van der Waals surface area contributed by atoms with Gasteiger partial charge in [-0.05, 0) is 6.42 Å². The summed E-state index contributed by atoms with van der Waals surface area (Å²) in [6.07, 6.45) is 15.6. The van der Waals surface area contributed by atoms with E-state index in [1.54, 1.807) is 11.8 Å². The molecule has 132 valence electrons. The van der Waals surface area contributed by atoms with Crippen LogP contribution in [0.1, 0.15) is 71.1 Å². The summed E-state index contributed by atoms with van der Waals surface area (Å²) in [5, 5.41) is 0.796. The standard InChI is InChI=1S/C21H31NOS/c1-2-3-4-5-6-7-8-9-10-14-17-24-21-22-18-20(23-21)19-15-12-11-13-16-19/h11-13,15-16,18H,2-10,14,17H2,1H3. The third-order valence-electron chi connectivity index (χ3n) is 4.27. The zero-order chi connectivity index (χ0) is 16.9. The van der Waals surface area contributed by atoms with Crippen molar-refractivity contribution in [3.05, 3.63) is 36.5 Å². The van der Waals surface area contributed by atoms with Crippen LogP contribution in [-0.4, -0.2) is 10.7 Å². The van der Waals surface area contributed by atoms with E-state index < -0.39 is 0 Å². The second-order valence-electron chi connectivity index (χ2n) is 6.39. The summed E-state index contributed by atoms with van der Waals surface area (Å²) in [4.78, 5) is 4.37. The van der Waals surface area contributed by atoms with Crippen LogP contribution in [-0.2, 0) is 0 Å². The molecule has 3 heteroatoms. The number of nitrogens with zero attached hydrogens (tertiary/aromatic N) is 1. The lowest BCUT2D eigenvalue weighted by atomic mass is 10.1. The Labute approximate surface area is 151 Å². The number of rotatable bonds is 13. The largest absolute Gasteiger partial charge is 0.431 e. The van der Waals surface area contributed by atoms with Gasteiger partial charge in [0.15, 0.2) is 5.76 Å². The molecular formula is C21H31NOS. The first-order valence-electron chi connectivity index (χ1n) is 9.54. The van der Waals surface area contributed by atoms with Gasteiger partial charge in [0.1, 0.15) is 0 Å². The summed E-state index contributed by atoms with van der Waals surface area (Å²) in [5.41, 5.74) is 1.09. The minimum atomic E-state index is 0.796. The number of thioether (sulfide) groups is 1. The fraction of sp³-hybridized carbons (Fsp3) is 0.571. The lowest BCUT2D eigenvalue weighted by Gasteiger charge is -2.01. The highest BCUT2D eigenvalue weighted by atomic mass is 32.2. The van der Waals surface area contributed by atoms with Gasteiger partial charge in [0.25, 0.3) is 5.22 Å². The van der Waals surface area contributed by atoms with Crippen molar-refractivity contribution < 1.29 is 4.42 Å². The summed E-state index contributed by atoms with van der Waals surface area (Å²) in [6, 6.07) is 10.2. The molecular weight excluding hydrogens is 314 g/mol. The number of hydrogen-bond donors (Lipinski definition) is 0. The molecule has 2 aromatic rings. The number of aromatic nitrogens is 1. The van der Waals surface area contributed by atoms with E-state index in [1.165, 1.54) is 64.2 Å². The predicted molar refractivity (Wildman–Crippen MR) is 105 cm³/mol. The highest BCUT2D eigenvalue weighted by Crippen LogP contribution is 2.26. The number of unbranched alkanes of at least 4 members (excludes halogenated alkanes) is 9. The van der Waals surface area contributed by atoms with E-state index in [9.17, 15) is 0 Å². The Morgan fingerprint density at radius 2 is 1.46 bits per heavy atom.